The summed E-state index contributed by atoms with van der Waals surface area (Å²) in [5.41, 5.74) is 5.44. The van der Waals surface area contributed by atoms with Crippen LogP contribution in [-0.2, 0) is 4.74 Å². The normalized spacial score (nSPS) is 10.4. The van der Waals surface area contributed by atoms with E-state index in [0.29, 0.717) is 6.61 Å². The van der Waals surface area contributed by atoms with Crippen LogP contribution in [0.2, 0.25) is 0 Å². The first kappa shape index (κ1) is 18.2. The molecule has 0 bridgehead atoms. The van der Waals surface area contributed by atoms with Gasteiger partial charge in [0.25, 0.3) is 0 Å². The number of carbonyl (C=O) groups excluding carboxylic acids is 1. The van der Waals surface area contributed by atoms with Crippen LogP contribution in [0.3, 0.4) is 0 Å². The van der Waals surface area contributed by atoms with Crippen LogP contribution >= 0.6 is 0 Å². The van der Waals surface area contributed by atoms with E-state index < -0.39 is 0 Å². The van der Waals surface area contributed by atoms with Crippen LogP contribution in [0.25, 0.3) is 0 Å². The van der Waals surface area contributed by atoms with Gasteiger partial charge >= 0.3 is 6.09 Å². The van der Waals surface area contributed by atoms with E-state index in [2.05, 4.69) is 12.2 Å². The summed E-state index contributed by atoms with van der Waals surface area (Å²) in [6.07, 6.45) is 11.6. The number of carbonyl (C=O) groups is 1. The van der Waals surface area contributed by atoms with E-state index in [-0.39, 0.29) is 6.09 Å². The number of alkyl carbamates (subject to hydrolysis) is 1. The smallest absolute Gasteiger partial charge is 0.407 e. The quantitative estimate of drug-likeness (QED) is 0.504. The zero-order valence-corrected chi connectivity index (χ0v) is 12.6. The first-order valence-electron chi connectivity index (χ1n) is 7.92. The number of hydrogen-bond acceptors (Lipinski definition) is 3. The molecule has 0 aliphatic carbocycles. The number of nitrogens with two attached hydrogens (primary N) is 1. The number of nitrogens with one attached hydrogen (secondary N) is 1. The third-order valence-electron chi connectivity index (χ3n) is 3.13. The summed E-state index contributed by atoms with van der Waals surface area (Å²) in [5.74, 6) is 0. The number of amides is 1. The van der Waals surface area contributed by atoms with Crippen molar-refractivity contribution in [2.75, 3.05) is 19.7 Å². The first-order chi connectivity index (χ1) is 9.31. The minimum absolute atomic E-state index is 0.268. The Bertz CT molecular complexity index is 199. The lowest BCUT2D eigenvalue weighted by molar-refractivity contribution is 0.144. The highest BCUT2D eigenvalue weighted by Crippen LogP contribution is 2.07. The molecule has 0 fully saturated rings. The highest BCUT2D eigenvalue weighted by Gasteiger charge is 1.99. The van der Waals surface area contributed by atoms with Crippen LogP contribution in [0.4, 0.5) is 4.79 Å². The van der Waals surface area contributed by atoms with Crippen molar-refractivity contribution in [2.24, 2.45) is 5.73 Å². The number of ether oxygens (including phenoxy) is 1. The van der Waals surface area contributed by atoms with Crippen molar-refractivity contribution in [1.29, 1.82) is 0 Å². The van der Waals surface area contributed by atoms with Crippen molar-refractivity contribution in [2.45, 2.75) is 71.1 Å². The van der Waals surface area contributed by atoms with Crippen molar-refractivity contribution in [3.05, 3.63) is 0 Å². The van der Waals surface area contributed by atoms with Crippen molar-refractivity contribution in [1.82, 2.24) is 5.32 Å². The summed E-state index contributed by atoms with van der Waals surface area (Å²) in [6, 6.07) is 0. The van der Waals surface area contributed by atoms with Gasteiger partial charge in [-0.15, -0.1) is 0 Å². The molecule has 0 rings (SSSR count). The standard InChI is InChI=1S/C15H32N2O2/c1-2-3-14-19-15(18)17-13-11-9-7-5-4-6-8-10-12-16/h2-14,16H2,1H3,(H,17,18). The van der Waals surface area contributed by atoms with Gasteiger partial charge in [-0.1, -0.05) is 51.9 Å². The number of rotatable bonds is 13. The van der Waals surface area contributed by atoms with Gasteiger partial charge in [0.15, 0.2) is 0 Å². The number of hydrogen-bond donors (Lipinski definition) is 2. The molecule has 0 spiro atoms. The summed E-state index contributed by atoms with van der Waals surface area (Å²) in [7, 11) is 0. The Kier molecular flexibility index (Phi) is 14.7. The molecule has 1 amide bonds. The van der Waals surface area contributed by atoms with Gasteiger partial charge in [0, 0.05) is 6.54 Å². The van der Waals surface area contributed by atoms with Gasteiger partial charge in [-0.2, -0.15) is 0 Å². The summed E-state index contributed by atoms with van der Waals surface area (Å²) in [4.78, 5) is 11.2. The molecule has 0 atom stereocenters. The predicted molar refractivity (Wildman–Crippen MR) is 80.2 cm³/mol. The molecule has 0 aromatic rings. The summed E-state index contributed by atoms with van der Waals surface area (Å²) in [6.45, 7) is 4.17. The first-order valence-corrected chi connectivity index (χ1v) is 7.92. The molecule has 0 aromatic heterocycles. The fraction of sp³-hybridized carbons (Fsp3) is 0.933. The minimum atomic E-state index is -0.268. The van der Waals surface area contributed by atoms with Gasteiger partial charge in [0.2, 0.25) is 0 Å². The Morgan fingerprint density at radius 2 is 1.53 bits per heavy atom. The van der Waals surface area contributed by atoms with Crippen molar-refractivity contribution >= 4 is 6.09 Å². The zero-order valence-electron chi connectivity index (χ0n) is 12.6. The molecule has 0 unspecified atom stereocenters. The third kappa shape index (κ3) is 15.2. The Morgan fingerprint density at radius 3 is 2.11 bits per heavy atom. The molecule has 0 aromatic carbocycles. The summed E-state index contributed by atoms with van der Waals surface area (Å²) >= 11 is 0. The van der Waals surface area contributed by atoms with Crippen LogP contribution < -0.4 is 11.1 Å². The van der Waals surface area contributed by atoms with Crippen LogP contribution in [-0.4, -0.2) is 25.8 Å². The second kappa shape index (κ2) is 15.3. The van der Waals surface area contributed by atoms with Crippen molar-refractivity contribution < 1.29 is 9.53 Å². The van der Waals surface area contributed by atoms with Gasteiger partial charge < -0.3 is 15.8 Å². The van der Waals surface area contributed by atoms with E-state index in [1.165, 1.54) is 38.5 Å². The molecule has 114 valence electrons. The van der Waals surface area contributed by atoms with Crippen LogP contribution in [0.5, 0.6) is 0 Å². The lowest BCUT2D eigenvalue weighted by atomic mass is 10.1. The molecule has 3 N–H and O–H groups in total. The average Bonchev–Trinajstić information content (AvgIpc) is 2.41. The monoisotopic (exact) mass is 272 g/mol. The molecule has 4 nitrogen and oxygen atoms in total. The van der Waals surface area contributed by atoms with E-state index in [9.17, 15) is 4.79 Å². The van der Waals surface area contributed by atoms with E-state index in [1.807, 2.05) is 0 Å². The predicted octanol–water partition coefficient (Wildman–Crippen LogP) is 3.59. The molecule has 0 saturated heterocycles. The minimum Gasteiger partial charge on any atom is -0.450 e. The van der Waals surface area contributed by atoms with E-state index in [1.54, 1.807) is 0 Å². The largest absolute Gasteiger partial charge is 0.450 e. The lowest BCUT2D eigenvalue weighted by Gasteiger charge is -2.06. The maximum atomic E-state index is 11.2. The van der Waals surface area contributed by atoms with Gasteiger partial charge in [0.1, 0.15) is 0 Å². The molecule has 19 heavy (non-hydrogen) atoms. The van der Waals surface area contributed by atoms with E-state index >= 15 is 0 Å². The average molecular weight is 272 g/mol. The molecule has 4 heteroatoms. The van der Waals surface area contributed by atoms with Gasteiger partial charge in [-0.05, 0) is 25.8 Å². The number of unbranched alkanes of at least 4 members (excludes halogenated alkanes) is 8. The molecule has 0 heterocycles. The van der Waals surface area contributed by atoms with Crippen molar-refractivity contribution in [3.8, 4) is 0 Å². The molecule has 0 saturated carbocycles. The van der Waals surface area contributed by atoms with Gasteiger partial charge in [0.05, 0.1) is 6.61 Å². The Labute approximate surface area is 118 Å². The summed E-state index contributed by atoms with van der Waals surface area (Å²) < 4.78 is 5.00. The second-order valence-electron chi connectivity index (χ2n) is 5.03. The van der Waals surface area contributed by atoms with E-state index in [0.717, 1.165) is 38.8 Å². The zero-order chi connectivity index (χ0) is 14.2. The SMILES string of the molecule is CCCCOC(=O)NCCCCCCCCCCN. The molecule has 0 aliphatic heterocycles. The van der Waals surface area contributed by atoms with Gasteiger partial charge in [-0.3, -0.25) is 0 Å². The molecule has 0 radical (unpaired) electrons. The maximum Gasteiger partial charge on any atom is 0.407 e. The third-order valence-corrected chi connectivity index (χ3v) is 3.13. The van der Waals surface area contributed by atoms with Gasteiger partial charge in [-0.25, -0.2) is 4.79 Å². The maximum absolute atomic E-state index is 11.2. The summed E-state index contributed by atoms with van der Waals surface area (Å²) in [5, 5.41) is 2.79. The highest BCUT2D eigenvalue weighted by molar-refractivity contribution is 5.66. The Hall–Kier alpha value is -0.770. The molecular weight excluding hydrogens is 240 g/mol. The Balaban J connectivity index is 3.07. The molecular formula is C15H32N2O2. The molecule has 0 aliphatic rings. The Morgan fingerprint density at radius 1 is 0.947 bits per heavy atom. The van der Waals surface area contributed by atoms with Crippen molar-refractivity contribution in [3.63, 3.8) is 0 Å². The lowest BCUT2D eigenvalue weighted by Crippen LogP contribution is -2.25. The fourth-order valence-corrected chi connectivity index (χ4v) is 1.88. The van der Waals surface area contributed by atoms with Crippen LogP contribution in [0.15, 0.2) is 0 Å². The van der Waals surface area contributed by atoms with Crippen LogP contribution in [0, 0.1) is 0 Å². The fourth-order valence-electron chi connectivity index (χ4n) is 1.88. The van der Waals surface area contributed by atoms with Crippen LogP contribution in [0.1, 0.15) is 71.1 Å². The highest BCUT2D eigenvalue weighted by atomic mass is 16.5. The topological polar surface area (TPSA) is 64.3 Å². The van der Waals surface area contributed by atoms with E-state index in [4.69, 9.17) is 10.5 Å². The second-order valence-corrected chi connectivity index (χ2v) is 5.03.